The van der Waals surface area contributed by atoms with Gasteiger partial charge >= 0.3 is 0 Å². The van der Waals surface area contributed by atoms with E-state index in [0.29, 0.717) is 32.5 Å². The molecule has 2 aliphatic heterocycles. The van der Waals surface area contributed by atoms with Gasteiger partial charge in [0.15, 0.2) is 0 Å². The maximum absolute atomic E-state index is 12.7. The van der Waals surface area contributed by atoms with Crippen molar-refractivity contribution < 1.29 is 14.4 Å². The van der Waals surface area contributed by atoms with Crippen molar-refractivity contribution in [2.75, 3.05) is 19.6 Å². The molecule has 2 rings (SSSR count). The van der Waals surface area contributed by atoms with Gasteiger partial charge < -0.3 is 15.1 Å². The Kier molecular flexibility index (Phi) is 5.32. The van der Waals surface area contributed by atoms with E-state index in [9.17, 15) is 14.4 Å². The fraction of sp³-hybridized carbons (Fsp3) is 0.824. The molecule has 3 amide bonds. The lowest BCUT2D eigenvalue weighted by Gasteiger charge is -2.35. The Morgan fingerprint density at radius 2 is 1.83 bits per heavy atom. The summed E-state index contributed by atoms with van der Waals surface area (Å²) < 4.78 is 0. The molecule has 1 unspecified atom stereocenters. The third-order valence-corrected chi connectivity index (χ3v) is 4.78. The number of hydrogen-bond acceptors (Lipinski definition) is 3. The van der Waals surface area contributed by atoms with Gasteiger partial charge in [0.25, 0.3) is 0 Å². The van der Waals surface area contributed by atoms with Crippen LogP contribution in [-0.4, -0.2) is 58.7 Å². The molecule has 2 saturated heterocycles. The van der Waals surface area contributed by atoms with E-state index in [1.807, 2.05) is 37.5 Å². The molecule has 0 spiro atoms. The number of nitrogens with one attached hydrogen (secondary N) is 1. The maximum Gasteiger partial charge on any atom is 0.227 e. The van der Waals surface area contributed by atoms with Crippen LogP contribution in [0.2, 0.25) is 0 Å². The second-order valence-electron chi connectivity index (χ2n) is 7.60. The quantitative estimate of drug-likeness (QED) is 0.847. The molecule has 0 bridgehead atoms. The minimum absolute atomic E-state index is 0.0667. The van der Waals surface area contributed by atoms with Gasteiger partial charge in [-0.15, -0.1) is 0 Å². The zero-order chi connectivity index (χ0) is 17.2. The first-order chi connectivity index (χ1) is 10.7. The van der Waals surface area contributed by atoms with E-state index in [2.05, 4.69) is 5.32 Å². The average molecular weight is 323 g/mol. The zero-order valence-corrected chi connectivity index (χ0v) is 14.7. The summed E-state index contributed by atoms with van der Waals surface area (Å²) >= 11 is 0. The number of likely N-dealkylation sites (tertiary alicyclic amines) is 2. The van der Waals surface area contributed by atoms with E-state index in [4.69, 9.17) is 0 Å². The minimum atomic E-state index is -0.233. The number of rotatable bonds is 3. The predicted molar refractivity (Wildman–Crippen MR) is 87.6 cm³/mol. The van der Waals surface area contributed by atoms with Crippen molar-refractivity contribution in [1.29, 1.82) is 0 Å². The summed E-state index contributed by atoms with van der Waals surface area (Å²) in [5.74, 6) is 0.00630. The first-order valence-electron chi connectivity index (χ1n) is 8.61. The molecule has 6 nitrogen and oxygen atoms in total. The van der Waals surface area contributed by atoms with Crippen LogP contribution in [-0.2, 0) is 14.4 Å². The van der Waals surface area contributed by atoms with Gasteiger partial charge in [-0.1, -0.05) is 6.92 Å². The van der Waals surface area contributed by atoms with Crippen LogP contribution in [0.5, 0.6) is 0 Å². The summed E-state index contributed by atoms with van der Waals surface area (Å²) in [7, 11) is 0. The van der Waals surface area contributed by atoms with E-state index in [0.717, 1.165) is 12.8 Å². The lowest BCUT2D eigenvalue weighted by atomic mass is 10.0. The van der Waals surface area contributed by atoms with Crippen LogP contribution in [0, 0.1) is 5.92 Å². The van der Waals surface area contributed by atoms with Crippen LogP contribution in [0.15, 0.2) is 0 Å². The van der Waals surface area contributed by atoms with Gasteiger partial charge in [0.1, 0.15) is 0 Å². The van der Waals surface area contributed by atoms with Crippen LogP contribution in [0.4, 0.5) is 0 Å². The fourth-order valence-corrected chi connectivity index (χ4v) is 3.35. The Labute approximate surface area is 138 Å². The third-order valence-electron chi connectivity index (χ3n) is 4.78. The minimum Gasteiger partial charge on any atom is -0.353 e. The van der Waals surface area contributed by atoms with Crippen molar-refractivity contribution in [3.63, 3.8) is 0 Å². The monoisotopic (exact) mass is 323 g/mol. The maximum atomic E-state index is 12.7. The smallest absolute Gasteiger partial charge is 0.227 e. The Hall–Kier alpha value is -1.59. The zero-order valence-electron chi connectivity index (χ0n) is 14.7. The lowest BCUT2D eigenvalue weighted by molar-refractivity contribution is -0.137. The molecule has 2 aliphatic rings. The molecule has 2 heterocycles. The highest BCUT2D eigenvalue weighted by atomic mass is 16.2. The van der Waals surface area contributed by atoms with Crippen molar-refractivity contribution in [2.45, 2.75) is 65.0 Å². The largest absolute Gasteiger partial charge is 0.353 e. The number of piperidine rings is 1. The van der Waals surface area contributed by atoms with Crippen molar-refractivity contribution in [1.82, 2.24) is 15.1 Å². The summed E-state index contributed by atoms with van der Waals surface area (Å²) in [6.07, 6.45) is 2.40. The highest BCUT2D eigenvalue weighted by Crippen LogP contribution is 2.27. The molecule has 0 saturated carbocycles. The summed E-state index contributed by atoms with van der Waals surface area (Å²) in [5.41, 5.74) is -0.233. The summed E-state index contributed by atoms with van der Waals surface area (Å²) in [6.45, 7) is 9.68. The van der Waals surface area contributed by atoms with Crippen LogP contribution >= 0.6 is 0 Å². The number of nitrogens with zero attached hydrogens (tertiary/aromatic N) is 2. The highest BCUT2D eigenvalue weighted by molar-refractivity contribution is 5.89. The Morgan fingerprint density at radius 1 is 1.22 bits per heavy atom. The van der Waals surface area contributed by atoms with E-state index in [1.165, 1.54) is 0 Å². The van der Waals surface area contributed by atoms with Crippen LogP contribution in [0.3, 0.4) is 0 Å². The third kappa shape index (κ3) is 4.24. The van der Waals surface area contributed by atoms with Crippen LogP contribution in [0.25, 0.3) is 0 Å². The molecular weight excluding hydrogens is 294 g/mol. The predicted octanol–water partition coefficient (Wildman–Crippen LogP) is 1.15. The molecular formula is C17H29N3O3. The van der Waals surface area contributed by atoms with Gasteiger partial charge in [0, 0.05) is 44.1 Å². The molecule has 0 aliphatic carbocycles. The van der Waals surface area contributed by atoms with Crippen molar-refractivity contribution in [3.05, 3.63) is 0 Å². The lowest BCUT2D eigenvalue weighted by Crippen LogP contribution is -2.48. The normalized spacial score (nSPS) is 23.3. The topological polar surface area (TPSA) is 69.7 Å². The molecule has 6 heteroatoms. The first-order valence-corrected chi connectivity index (χ1v) is 8.61. The van der Waals surface area contributed by atoms with E-state index in [-0.39, 0.29) is 35.2 Å². The van der Waals surface area contributed by atoms with E-state index < -0.39 is 0 Å². The number of amides is 3. The Bertz CT molecular complexity index is 476. The molecule has 0 radical (unpaired) electrons. The molecule has 0 aromatic heterocycles. The average Bonchev–Trinajstić information content (AvgIpc) is 2.89. The molecule has 0 aromatic carbocycles. The van der Waals surface area contributed by atoms with Gasteiger partial charge in [-0.05, 0) is 33.6 Å². The Balaban J connectivity index is 1.86. The molecule has 1 N–H and O–H groups in total. The van der Waals surface area contributed by atoms with Gasteiger partial charge in [0.05, 0.1) is 5.92 Å². The second kappa shape index (κ2) is 6.89. The Morgan fingerprint density at radius 3 is 2.30 bits per heavy atom. The summed E-state index contributed by atoms with van der Waals surface area (Å²) in [6, 6.07) is 0.169. The second-order valence-corrected chi connectivity index (χ2v) is 7.60. The molecule has 130 valence electrons. The first kappa shape index (κ1) is 17.8. The number of carbonyl (C=O) groups is 3. The van der Waals surface area contributed by atoms with Crippen molar-refractivity contribution >= 4 is 17.7 Å². The van der Waals surface area contributed by atoms with Crippen molar-refractivity contribution in [2.24, 2.45) is 5.92 Å². The van der Waals surface area contributed by atoms with Crippen LogP contribution in [0.1, 0.15) is 53.4 Å². The molecule has 1 atom stereocenters. The molecule has 0 aromatic rings. The number of hydrogen-bond donors (Lipinski definition) is 1. The van der Waals surface area contributed by atoms with Gasteiger partial charge in [-0.2, -0.15) is 0 Å². The van der Waals surface area contributed by atoms with Gasteiger partial charge in [-0.25, -0.2) is 0 Å². The standard InChI is InChI=1S/C17H29N3O3/c1-5-14(21)18-13-6-8-19(9-7-13)16(23)12-10-15(22)20(11-12)17(2,3)4/h12-13H,5-11H2,1-4H3,(H,18,21). The van der Waals surface area contributed by atoms with Crippen molar-refractivity contribution in [3.8, 4) is 0 Å². The van der Waals surface area contributed by atoms with E-state index in [1.54, 1.807) is 0 Å². The highest BCUT2D eigenvalue weighted by Gasteiger charge is 2.41. The molecule has 23 heavy (non-hydrogen) atoms. The van der Waals surface area contributed by atoms with Crippen LogP contribution < -0.4 is 5.32 Å². The van der Waals surface area contributed by atoms with Gasteiger partial charge in [-0.3, -0.25) is 14.4 Å². The SMILES string of the molecule is CCC(=O)NC1CCN(C(=O)C2CC(=O)N(C(C)(C)C)C2)CC1. The number of carbonyl (C=O) groups excluding carboxylic acids is 3. The van der Waals surface area contributed by atoms with E-state index >= 15 is 0 Å². The summed E-state index contributed by atoms with van der Waals surface area (Å²) in [5, 5.41) is 2.99. The summed E-state index contributed by atoms with van der Waals surface area (Å²) in [4.78, 5) is 39.9. The fourth-order valence-electron chi connectivity index (χ4n) is 3.35. The molecule has 2 fully saturated rings. The van der Waals surface area contributed by atoms with Gasteiger partial charge in [0.2, 0.25) is 17.7 Å².